The van der Waals surface area contributed by atoms with Gasteiger partial charge in [-0.1, -0.05) is 6.07 Å². The molecular weight excluding hydrogens is 170 g/mol. The van der Waals surface area contributed by atoms with Crippen LogP contribution in [-0.4, -0.2) is 9.97 Å². The molecule has 0 saturated carbocycles. The first kappa shape index (κ1) is 7.24. The van der Waals surface area contributed by atoms with E-state index in [1.54, 1.807) is 6.20 Å². The Labute approximate surface area is 73.9 Å². The summed E-state index contributed by atoms with van der Waals surface area (Å²) in [4.78, 5) is 8.27. The fourth-order valence-corrected chi connectivity index (χ4v) is 1.58. The minimum absolute atomic E-state index is 0.556. The number of aromatic nitrogens is 2. The van der Waals surface area contributed by atoms with Crippen molar-refractivity contribution in [2.75, 3.05) is 5.73 Å². The number of nitrogen functional groups attached to an aromatic ring is 1. The second-order valence-corrected chi connectivity index (χ2v) is 3.15. The lowest BCUT2D eigenvalue weighted by Crippen LogP contribution is -1.84. The number of rotatable bonds is 1. The Hall–Kier alpha value is -1.42. The SMILES string of the molecule is Nc1csc(-c2ccccn2)n1. The second kappa shape index (κ2) is 2.91. The smallest absolute Gasteiger partial charge is 0.144 e. The maximum Gasteiger partial charge on any atom is 0.144 e. The lowest BCUT2D eigenvalue weighted by molar-refractivity contribution is 1.29. The molecule has 12 heavy (non-hydrogen) atoms. The molecule has 0 spiro atoms. The standard InChI is InChI=1S/C8H7N3S/c9-7-5-12-8(11-7)6-3-1-2-4-10-6/h1-5H,9H2. The van der Waals surface area contributed by atoms with Gasteiger partial charge in [0.1, 0.15) is 10.8 Å². The fraction of sp³-hybridized carbons (Fsp3) is 0. The van der Waals surface area contributed by atoms with Crippen LogP contribution in [0, 0.1) is 0 Å². The molecule has 2 N–H and O–H groups in total. The molecular formula is C8H7N3S. The zero-order valence-corrected chi connectivity index (χ0v) is 7.08. The van der Waals surface area contributed by atoms with Gasteiger partial charge in [0.2, 0.25) is 0 Å². The second-order valence-electron chi connectivity index (χ2n) is 2.29. The molecule has 4 heteroatoms. The van der Waals surface area contributed by atoms with Crippen LogP contribution in [0.5, 0.6) is 0 Å². The molecule has 0 aliphatic carbocycles. The highest BCUT2D eigenvalue weighted by atomic mass is 32.1. The van der Waals surface area contributed by atoms with E-state index in [9.17, 15) is 0 Å². The quantitative estimate of drug-likeness (QED) is 0.722. The van der Waals surface area contributed by atoms with Crippen molar-refractivity contribution in [1.29, 1.82) is 0 Å². The summed E-state index contributed by atoms with van der Waals surface area (Å²) in [7, 11) is 0. The molecule has 0 radical (unpaired) electrons. The minimum atomic E-state index is 0.556. The van der Waals surface area contributed by atoms with Gasteiger partial charge in [-0.3, -0.25) is 4.98 Å². The van der Waals surface area contributed by atoms with Gasteiger partial charge in [-0.15, -0.1) is 11.3 Å². The number of nitrogens with zero attached hydrogens (tertiary/aromatic N) is 2. The van der Waals surface area contributed by atoms with Crippen LogP contribution in [0.2, 0.25) is 0 Å². The third kappa shape index (κ3) is 1.29. The zero-order chi connectivity index (χ0) is 8.39. The van der Waals surface area contributed by atoms with Crippen LogP contribution >= 0.6 is 11.3 Å². The third-order valence-corrected chi connectivity index (χ3v) is 2.29. The molecule has 0 saturated heterocycles. The van der Waals surface area contributed by atoms with E-state index in [-0.39, 0.29) is 0 Å². The maximum absolute atomic E-state index is 5.49. The Morgan fingerprint density at radius 3 is 2.83 bits per heavy atom. The Bertz CT molecular complexity index is 369. The average Bonchev–Trinajstić information content (AvgIpc) is 2.54. The van der Waals surface area contributed by atoms with Crippen LogP contribution in [0.25, 0.3) is 10.7 Å². The van der Waals surface area contributed by atoms with E-state index in [0.29, 0.717) is 5.82 Å². The Morgan fingerprint density at radius 2 is 2.25 bits per heavy atom. The summed E-state index contributed by atoms with van der Waals surface area (Å²) in [5, 5.41) is 2.68. The highest BCUT2D eigenvalue weighted by molar-refractivity contribution is 7.13. The first-order chi connectivity index (χ1) is 5.86. The monoisotopic (exact) mass is 177 g/mol. The molecule has 0 unspecified atom stereocenters. The van der Waals surface area contributed by atoms with E-state index >= 15 is 0 Å². The molecule has 0 aliphatic heterocycles. The van der Waals surface area contributed by atoms with Crippen molar-refractivity contribution in [3.05, 3.63) is 29.8 Å². The number of hydrogen-bond donors (Lipinski definition) is 1. The summed E-state index contributed by atoms with van der Waals surface area (Å²) in [6, 6.07) is 5.72. The largest absolute Gasteiger partial charge is 0.383 e. The normalized spacial score (nSPS) is 10.0. The van der Waals surface area contributed by atoms with Crippen LogP contribution in [0.4, 0.5) is 5.82 Å². The Kier molecular flexibility index (Phi) is 1.75. The van der Waals surface area contributed by atoms with Gasteiger partial charge in [-0.05, 0) is 12.1 Å². The molecule has 0 aromatic carbocycles. The number of anilines is 1. The van der Waals surface area contributed by atoms with Crippen molar-refractivity contribution in [1.82, 2.24) is 9.97 Å². The number of hydrogen-bond acceptors (Lipinski definition) is 4. The predicted molar refractivity (Wildman–Crippen MR) is 49.8 cm³/mol. The van der Waals surface area contributed by atoms with Crippen LogP contribution in [0.1, 0.15) is 0 Å². The number of pyridine rings is 1. The molecule has 2 rings (SSSR count). The minimum Gasteiger partial charge on any atom is -0.383 e. The summed E-state index contributed by atoms with van der Waals surface area (Å²) < 4.78 is 0. The van der Waals surface area contributed by atoms with Gasteiger partial charge in [0, 0.05) is 11.6 Å². The van der Waals surface area contributed by atoms with Crippen molar-refractivity contribution in [3.8, 4) is 10.7 Å². The Balaban J connectivity index is 2.45. The van der Waals surface area contributed by atoms with Crippen molar-refractivity contribution in [2.24, 2.45) is 0 Å². The molecule has 2 aromatic heterocycles. The number of nitrogens with two attached hydrogens (primary N) is 1. The first-order valence-corrected chi connectivity index (χ1v) is 4.36. The fourth-order valence-electron chi connectivity index (χ4n) is 0.893. The molecule has 3 nitrogen and oxygen atoms in total. The van der Waals surface area contributed by atoms with E-state index in [1.807, 2.05) is 23.6 Å². The van der Waals surface area contributed by atoms with Crippen molar-refractivity contribution in [2.45, 2.75) is 0 Å². The molecule has 0 bridgehead atoms. The molecule has 0 amide bonds. The molecule has 2 heterocycles. The lowest BCUT2D eigenvalue weighted by atomic mass is 10.4. The van der Waals surface area contributed by atoms with Crippen LogP contribution in [0.15, 0.2) is 29.8 Å². The molecule has 0 atom stereocenters. The highest BCUT2D eigenvalue weighted by Crippen LogP contribution is 2.21. The van der Waals surface area contributed by atoms with Gasteiger partial charge in [-0.25, -0.2) is 4.98 Å². The van der Waals surface area contributed by atoms with Gasteiger partial charge in [-0.2, -0.15) is 0 Å². The topological polar surface area (TPSA) is 51.8 Å². The Morgan fingerprint density at radius 1 is 1.33 bits per heavy atom. The van der Waals surface area contributed by atoms with E-state index < -0.39 is 0 Å². The average molecular weight is 177 g/mol. The number of thiazole rings is 1. The zero-order valence-electron chi connectivity index (χ0n) is 6.27. The summed E-state index contributed by atoms with van der Waals surface area (Å²) in [5.74, 6) is 0.556. The van der Waals surface area contributed by atoms with E-state index in [1.165, 1.54) is 11.3 Å². The highest BCUT2D eigenvalue weighted by Gasteiger charge is 2.01. The van der Waals surface area contributed by atoms with E-state index in [4.69, 9.17) is 5.73 Å². The maximum atomic E-state index is 5.49. The predicted octanol–water partition coefficient (Wildman–Crippen LogP) is 1.79. The van der Waals surface area contributed by atoms with Gasteiger partial charge >= 0.3 is 0 Å². The molecule has 60 valence electrons. The van der Waals surface area contributed by atoms with Gasteiger partial charge in [0.15, 0.2) is 0 Å². The first-order valence-electron chi connectivity index (χ1n) is 3.48. The van der Waals surface area contributed by atoms with E-state index in [2.05, 4.69) is 9.97 Å². The van der Waals surface area contributed by atoms with Gasteiger partial charge in [0.25, 0.3) is 0 Å². The van der Waals surface area contributed by atoms with Crippen molar-refractivity contribution >= 4 is 17.2 Å². The van der Waals surface area contributed by atoms with Crippen molar-refractivity contribution in [3.63, 3.8) is 0 Å². The van der Waals surface area contributed by atoms with Crippen LogP contribution < -0.4 is 5.73 Å². The van der Waals surface area contributed by atoms with E-state index in [0.717, 1.165) is 10.7 Å². The summed E-state index contributed by atoms with van der Waals surface area (Å²) in [5.41, 5.74) is 6.36. The molecule has 2 aromatic rings. The van der Waals surface area contributed by atoms with Crippen molar-refractivity contribution < 1.29 is 0 Å². The molecule has 0 aliphatic rings. The summed E-state index contributed by atoms with van der Waals surface area (Å²) >= 11 is 1.50. The summed E-state index contributed by atoms with van der Waals surface area (Å²) in [6.07, 6.45) is 1.74. The van der Waals surface area contributed by atoms with Gasteiger partial charge < -0.3 is 5.73 Å². The van der Waals surface area contributed by atoms with Crippen LogP contribution in [-0.2, 0) is 0 Å². The van der Waals surface area contributed by atoms with Gasteiger partial charge in [0.05, 0.1) is 5.69 Å². The van der Waals surface area contributed by atoms with Crippen LogP contribution in [0.3, 0.4) is 0 Å². The molecule has 0 fully saturated rings. The third-order valence-electron chi connectivity index (χ3n) is 1.41. The lowest BCUT2D eigenvalue weighted by Gasteiger charge is -1.91. The summed E-state index contributed by atoms with van der Waals surface area (Å²) in [6.45, 7) is 0.